The molecule has 0 aliphatic heterocycles. The van der Waals surface area contributed by atoms with Crippen molar-refractivity contribution >= 4 is 0 Å². The largest absolute Gasteiger partial charge is 0.507 e. The van der Waals surface area contributed by atoms with Crippen LogP contribution in [0.5, 0.6) is 11.5 Å². The van der Waals surface area contributed by atoms with Gasteiger partial charge in [0.05, 0.1) is 0 Å². The van der Waals surface area contributed by atoms with E-state index in [2.05, 4.69) is 60.6 Å². The average molecular weight is 457 g/mol. The quantitative estimate of drug-likeness (QED) is 0.368. The standard InChI is InChI=1S/C29H44O4/c1-8-21(22-15-19(11-9-13-30)17-24(26(22)32)28(2,3)4)23-16-20(12-10-14-31)18-25(27(23)33)29(5,6)7/h15-18,21,30-33H,8-14H2,1-7H3. The molecule has 4 nitrogen and oxygen atoms in total. The summed E-state index contributed by atoms with van der Waals surface area (Å²) in [7, 11) is 0. The number of rotatable bonds is 9. The zero-order chi connectivity index (χ0) is 25.0. The van der Waals surface area contributed by atoms with E-state index in [-0.39, 0.29) is 30.0 Å². The van der Waals surface area contributed by atoms with E-state index in [9.17, 15) is 20.4 Å². The molecule has 0 fully saturated rings. The van der Waals surface area contributed by atoms with Gasteiger partial charge in [0, 0.05) is 30.3 Å². The zero-order valence-electron chi connectivity index (χ0n) is 21.6. The molecule has 0 saturated heterocycles. The summed E-state index contributed by atoms with van der Waals surface area (Å²) in [5.41, 5.74) is 5.12. The number of aliphatic hydroxyl groups is 2. The minimum atomic E-state index is -0.242. The number of aromatic hydroxyl groups is 2. The monoisotopic (exact) mass is 456 g/mol. The number of hydrogen-bond acceptors (Lipinski definition) is 4. The van der Waals surface area contributed by atoms with Gasteiger partial charge in [-0.25, -0.2) is 0 Å². The summed E-state index contributed by atoms with van der Waals surface area (Å²) in [5, 5.41) is 41.5. The van der Waals surface area contributed by atoms with E-state index in [1.807, 2.05) is 12.1 Å². The molecule has 0 aliphatic carbocycles. The van der Waals surface area contributed by atoms with Crippen molar-refractivity contribution in [2.75, 3.05) is 13.2 Å². The zero-order valence-corrected chi connectivity index (χ0v) is 21.6. The predicted molar refractivity (Wildman–Crippen MR) is 137 cm³/mol. The van der Waals surface area contributed by atoms with E-state index in [1.165, 1.54) is 0 Å². The summed E-state index contributed by atoms with van der Waals surface area (Å²) in [6.07, 6.45) is 3.53. The molecular formula is C29H44O4. The molecule has 2 aromatic rings. The van der Waals surface area contributed by atoms with Crippen LogP contribution >= 0.6 is 0 Å². The van der Waals surface area contributed by atoms with Crippen molar-refractivity contribution in [2.45, 2.75) is 97.3 Å². The topological polar surface area (TPSA) is 80.9 Å². The van der Waals surface area contributed by atoms with Crippen molar-refractivity contribution in [1.82, 2.24) is 0 Å². The van der Waals surface area contributed by atoms with Crippen LogP contribution in [0.25, 0.3) is 0 Å². The summed E-state index contributed by atoms with van der Waals surface area (Å²) < 4.78 is 0. The van der Waals surface area contributed by atoms with Crippen LogP contribution in [0.15, 0.2) is 24.3 Å². The van der Waals surface area contributed by atoms with Gasteiger partial charge in [-0.15, -0.1) is 0 Å². The predicted octanol–water partition coefficient (Wildman–Crippen LogP) is 6.08. The molecule has 0 unspecified atom stereocenters. The minimum Gasteiger partial charge on any atom is -0.507 e. The molecule has 33 heavy (non-hydrogen) atoms. The Labute approximate surface area is 200 Å². The Hall–Kier alpha value is -2.04. The van der Waals surface area contributed by atoms with Gasteiger partial charge in [-0.05, 0) is 65.2 Å². The second kappa shape index (κ2) is 10.9. The SMILES string of the molecule is CCC(c1cc(CCCO)cc(C(C)(C)C)c1O)c1cc(CCCO)cc(C(C)(C)C)c1O. The number of aryl methyl sites for hydroxylation is 2. The molecule has 2 aromatic carbocycles. The number of phenolic OH excluding ortho intramolecular Hbond substituents is 2. The Kier molecular flexibility index (Phi) is 9.01. The molecular weight excluding hydrogens is 412 g/mol. The highest BCUT2D eigenvalue weighted by Gasteiger charge is 2.29. The Bertz CT molecular complexity index is 857. The van der Waals surface area contributed by atoms with Crippen molar-refractivity contribution < 1.29 is 20.4 Å². The van der Waals surface area contributed by atoms with Crippen molar-refractivity contribution in [1.29, 1.82) is 0 Å². The number of hydrogen-bond donors (Lipinski definition) is 4. The van der Waals surface area contributed by atoms with Crippen LogP contribution in [0.3, 0.4) is 0 Å². The van der Waals surface area contributed by atoms with Crippen molar-refractivity contribution in [2.24, 2.45) is 0 Å². The fourth-order valence-corrected chi connectivity index (χ4v) is 4.58. The highest BCUT2D eigenvalue weighted by molar-refractivity contribution is 5.56. The number of phenols is 2. The Morgan fingerprint density at radius 2 is 1.03 bits per heavy atom. The van der Waals surface area contributed by atoms with Gasteiger partial charge >= 0.3 is 0 Å². The van der Waals surface area contributed by atoms with Gasteiger partial charge in [0.2, 0.25) is 0 Å². The summed E-state index contributed by atoms with van der Waals surface area (Å²) in [6, 6.07) is 8.20. The fraction of sp³-hybridized carbons (Fsp3) is 0.586. The van der Waals surface area contributed by atoms with E-state index >= 15 is 0 Å². The summed E-state index contributed by atoms with van der Waals surface area (Å²) in [4.78, 5) is 0. The van der Waals surface area contributed by atoms with E-state index < -0.39 is 0 Å². The van der Waals surface area contributed by atoms with Crippen LogP contribution in [0.2, 0.25) is 0 Å². The lowest BCUT2D eigenvalue weighted by atomic mass is 9.77. The van der Waals surface area contributed by atoms with Crippen LogP contribution in [0.4, 0.5) is 0 Å². The summed E-state index contributed by atoms with van der Waals surface area (Å²) >= 11 is 0. The third kappa shape index (κ3) is 6.51. The van der Waals surface area contributed by atoms with Crippen molar-refractivity contribution in [3.63, 3.8) is 0 Å². The maximum atomic E-state index is 11.4. The Morgan fingerprint density at radius 1 is 0.667 bits per heavy atom. The lowest BCUT2D eigenvalue weighted by Crippen LogP contribution is -2.16. The van der Waals surface area contributed by atoms with Crippen LogP contribution in [0.1, 0.15) is 107 Å². The van der Waals surface area contributed by atoms with E-state index in [0.717, 1.165) is 52.6 Å². The second-order valence-corrected chi connectivity index (χ2v) is 11.3. The summed E-state index contributed by atoms with van der Waals surface area (Å²) in [5.74, 6) is 0.412. The smallest absolute Gasteiger partial charge is 0.123 e. The molecule has 0 radical (unpaired) electrons. The molecule has 0 spiro atoms. The van der Waals surface area contributed by atoms with Gasteiger partial charge < -0.3 is 20.4 Å². The van der Waals surface area contributed by atoms with Gasteiger partial charge in [-0.1, -0.05) is 72.7 Å². The maximum absolute atomic E-state index is 11.4. The Balaban J connectivity index is 2.78. The van der Waals surface area contributed by atoms with Crippen molar-refractivity contribution in [3.8, 4) is 11.5 Å². The third-order valence-electron chi connectivity index (χ3n) is 6.42. The number of aliphatic hydroxyl groups excluding tert-OH is 2. The first-order chi connectivity index (χ1) is 15.3. The Morgan fingerprint density at radius 3 is 1.30 bits per heavy atom. The highest BCUT2D eigenvalue weighted by atomic mass is 16.3. The molecule has 0 aliphatic rings. The van der Waals surface area contributed by atoms with E-state index in [1.54, 1.807) is 0 Å². The van der Waals surface area contributed by atoms with Crippen molar-refractivity contribution in [3.05, 3.63) is 57.6 Å². The second-order valence-electron chi connectivity index (χ2n) is 11.3. The first-order valence-corrected chi connectivity index (χ1v) is 12.3. The molecule has 0 bridgehead atoms. The first-order valence-electron chi connectivity index (χ1n) is 12.3. The lowest BCUT2D eigenvalue weighted by molar-refractivity contribution is 0.288. The van der Waals surface area contributed by atoms with Gasteiger partial charge in [-0.2, -0.15) is 0 Å². The first kappa shape index (κ1) is 27.2. The molecule has 184 valence electrons. The molecule has 4 N–H and O–H groups in total. The molecule has 0 atom stereocenters. The van der Waals surface area contributed by atoms with Crippen LogP contribution in [-0.2, 0) is 23.7 Å². The van der Waals surface area contributed by atoms with Gasteiger partial charge in [-0.3, -0.25) is 0 Å². The maximum Gasteiger partial charge on any atom is 0.123 e. The molecule has 0 saturated carbocycles. The van der Waals surface area contributed by atoms with Crippen LogP contribution in [-0.4, -0.2) is 33.6 Å². The highest BCUT2D eigenvalue weighted by Crippen LogP contribution is 2.46. The molecule has 0 aromatic heterocycles. The van der Waals surface area contributed by atoms with Crippen LogP contribution < -0.4 is 0 Å². The normalized spacial score (nSPS) is 12.5. The molecule has 2 rings (SSSR count). The molecule has 0 heterocycles. The fourth-order valence-electron chi connectivity index (χ4n) is 4.58. The van der Waals surface area contributed by atoms with Gasteiger partial charge in [0.15, 0.2) is 0 Å². The molecule has 4 heteroatoms. The summed E-state index contributed by atoms with van der Waals surface area (Å²) in [6.45, 7) is 14.9. The van der Waals surface area contributed by atoms with Crippen LogP contribution in [0, 0.1) is 0 Å². The minimum absolute atomic E-state index is 0.126. The van der Waals surface area contributed by atoms with E-state index in [4.69, 9.17) is 0 Å². The number of benzene rings is 2. The van der Waals surface area contributed by atoms with Gasteiger partial charge in [0.25, 0.3) is 0 Å². The molecule has 0 amide bonds. The average Bonchev–Trinajstić information content (AvgIpc) is 2.72. The van der Waals surface area contributed by atoms with Gasteiger partial charge in [0.1, 0.15) is 11.5 Å². The van der Waals surface area contributed by atoms with E-state index in [0.29, 0.717) is 24.3 Å². The lowest BCUT2D eigenvalue weighted by Gasteiger charge is -2.29. The third-order valence-corrected chi connectivity index (χ3v) is 6.42.